The molecule has 0 bridgehead atoms. The van der Waals surface area contributed by atoms with Crippen LogP contribution < -0.4 is 0 Å². The van der Waals surface area contributed by atoms with E-state index in [0.29, 0.717) is 28.8 Å². The summed E-state index contributed by atoms with van der Waals surface area (Å²) in [5.41, 5.74) is 3.65. The summed E-state index contributed by atoms with van der Waals surface area (Å²) in [6, 6.07) is 17.9. The second kappa shape index (κ2) is 12.1. The van der Waals surface area contributed by atoms with Crippen molar-refractivity contribution in [1.82, 2.24) is 9.97 Å². The smallest absolute Gasteiger partial charge is 0.115 e. The van der Waals surface area contributed by atoms with Crippen LogP contribution in [-0.2, 0) is 4.74 Å². The predicted octanol–water partition coefficient (Wildman–Crippen LogP) is 5.73. The molecule has 0 spiro atoms. The summed E-state index contributed by atoms with van der Waals surface area (Å²) < 4.78 is 4.89. The molecule has 3 aromatic rings. The summed E-state index contributed by atoms with van der Waals surface area (Å²) in [6.07, 6.45) is 4.01. The summed E-state index contributed by atoms with van der Waals surface area (Å²) in [6.45, 7) is 7.49. The van der Waals surface area contributed by atoms with E-state index < -0.39 is 6.10 Å². The van der Waals surface area contributed by atoms with E-state index >= 15 is 0 Å². The summed E-state index contributed by atoms with van der Waals surface area (Å²) in [5, 5.41) is 11.5. The van der Waals surface area contributed by atoms with Gasteiger partial charge in [0.1, 0.15) is 12.4 Å². The predicted molar refractivity (Wildman–Crippen MR) is 119 cm³/mol. The van der Waals surface area contributed by atoms with Crippen molar-refractivity contribution in [3.8, 4) is 11.1 Å². The van der Waals surface area contributed by atoms with Crippen LogP contribution in [0.1, 0.15) is 17.2 Å². The first-order chi connectivity index (χ1) is 14.0. The van der Waals surface area contributed by atoms with Crippen molar-refractivity contribution >= 4 is 23.2 Å². The molecule has 6 heteroatoms. The fourth-order valence-corrected chi connectivity index (χ4v) is 2.67. The van der Waals surface area contributed by atoms with Gasteiger partial charge < -0.3 is 9.84 Å². The highest BCUT2D eigenvalue weighted by molar-refractivity contribution is 6.29. The number of hydrogen-bond donors (Lipinski definition) is 1. The number of aromatic nitrogens is 2. The Balaban J connectivity index is 0.000000284. The number of benzene rings is 2. The van der Waals surface area contributed by atoms with Crippen LogP contribution in [0.4, 0.5) is 0 Å². The molecular weight excluding hydrogens is 407 g/mol. The largest absolute Gasteiger partial charge is 0.384 e. The lowest BCUT2D eigenvalue weighted by molar-refractivity contribution is 0.189. The van der Waals surface area contributed by atoms with Crippen LogP contribution in [0.5, 0.6) is 0 Å². The van der Waals surface area contributed by atoms with E-state index in [2.05, 4.69) is 23.1 Å². The van der Waals surface area contributed by atoms with Crippen molar-refractivity contribution < 1.29 is 9.84 Å². The maximum atomic E-state index is 10.6. The molecule has 1 heterocycles. The zero-order valence-corrected chi connectivity index (χ0v) is 17.4. The van der Waals surface area contributed by atoms with Gasteiger partial charge in [-0.2, -0.15) is 0 Å². The van der Waals surface area contributed by atoms with Crippen LogP contribution in [0.2, 0.25) is 0 Å². The van der Waals surface area contributed by atoms with Crippen LogP contribution in [0, 0.1) is 0 Å². The van der Waals surface area contributed by atoms with Gasteiger partial charge in [0.15, 0.2) is 0 Å². The van der Waals surface area contributed by atoms with Gasteiger partial charge in [0.25, 0.3) is 0 Å². The summed E-state index contributed by atoms with van der Waals surface area (Å²) in [5.74, 6) is 0. The summed E-state index contributed by atoms with van der Waals surface area (Å²) >= 11 is 10.7. The number of ether oxygens (including phenoxy) is 1. The van der Waals surface area contributed by atoms with E-state index in [1.165, 1.54) is 6.33 Å². The van der Waals surface area contributed by atoms with Crippen LogP contribution in [0.25, 0.3) is 11.1 Å². The van der Waals surface area contributed by atoms with Gasteiger partial charge in [-0.3, -0.25) is 0 Å². The van der Waals surface area contributed by atoms with Crippen molar-refractivity contribution in [3.63, 3.8) is 0 Å². The van der Waals surface area contributed by atoms with Crippen molar-refractivity contribution in [2.45, 2.75) is 6.10 Å². The van der Waals surface area contributed by atoms with Gasteiger partial charge in [0, 0.05) is 28.0 Å². The van der Waals surface area contributed by atoms with Crippen LogP contribution in [0.15, 0.2) is 96.5 Å². The Bertz CT molecular complexity index is 904. The zero-order chi connectivity index (χ0) is 21.1. The molecule has 1 aromatic heterocycles. The monoisotopic (exact) mass is 428 g/mol. The topological polar surface area (TPSA) is 55.2 Å². The SMILES string of the molecule is C=C(Cl)COCC(=C)Cl.OC(c1cncnc1)c1ccccc1-c1ccccc1. The molecule has 3 rings (SSSR count). The first-order valence-electron chi connectivity index (χ1n) is 8.80. The molecule has 29 heavy (non-hydrogen) atoms. The van der Waals surface area contributed by atoms with Crippen molar-refractivity contribution in [2.24, 2.45) is 0 Å². The molecule has 0 saturated carbocycles. The molecule has 0 aliphatic rings. The van der Waals surface area contributed by atoms with E-state index in [4.69, 9.17) is 27.9 Å². The van der Waals surface area contributed by atoms with E-state index in [0.717, 1.165) is 16.7 Å². The minimum atomic E-state index is -0.729. The number of nitrogens with zero attached hydrogens (tertiary/aromatic N) is 2. The fraction of sp³-hybridized carbons (Fsp3) is 0.130. The highest BCUT2D eigenvalue weighted by atomic mass is 35.5. The third-order valence-corrected chi connectivity index (χ3v) is 3.97. The van der Waals surface area contributed by atoms with Gasteiger partial charge in [0.2, 0.25) is 0 Å². The average Bonchev–Trinajstić information content (AvgIpc) is 2.74. The Morgan fingerprint density at radius 1 is 0.897 bits per heavy atom. The highest BCUT2D eigenvalue weighted by Gasteiger charge is 2.15. The first-order valence-corrected chi connectivity index (χ1v) is 9.56. The molecule has 2 aromatic carbocycles. The molecule has 0 aliphatic heterocycles. The Kier molecular flexibility index (Phi) is 9.54. The molecule has 1 atom stereocenters. The van der Waals surface area contributed by atoms with Gasteiger partial charge in [0.05, 0.1) is 13.2 Å². The van der Waals surface area contributed by atoms with Crippen molar-refractivity contribution in [1.29, 1.82) is 0 Å². The summed E-state index contributed by atoms with van der Waals surface area (Å²) in [7, 11) is 0. The molecule has 1 unspecified atom stereocenters. The van der Waals surface area contributed by atoms with Crippen LogP contribution in [-0.4, -0.2) is 28.3 Å². The average molecular weight is 429 g/mol. The van der Waals surface area contributed by atoms with Crippen molar-refractivity contribution in [2.75, 3.05) is 13.2 Å². The van der Waals surface area contributed by atoms with Gasteiger partial charge in [-0.15, -0.1) is 0 Å². The molecule has 0 fully saturated rings. The Labute approximate surface area is 181 Å². The van der Waals surface area contributed by atoms with Gasteiger partial charge in [-0.25, -0.2) is 9.97 Å². The molecule has 0 radical (unpaired) electrons. The maximum absolute atomic E-state index is 10.6. The third kappa shape index (κ3) is 7.80. The van der Waals surface area contributed by atoms with E-state index in [1.54, 1.807) is 12.4 Å². The molecule has 1 N–H and O–H groups in total. The van der Waals surface area contributed by atoms with E-state index in [9.17, 15) is 5.11 Å². The Morgan fingerprint density at radius 3 is 2.03 bits per heavy atom. The van der Waals surface area contributed by atoms with E-state index in [-0.39, 0.29) is 0 Å². The Hall–Kier alpha value is -2.50. The molecule has 0 aliphatic carbocycles. The normalized spacial score (nSPS) is 11.1. The number of halogens is 2. The highest BCUT2D eigenvalue weighted by Crippen LogP contribution is 2.31. The number of hydrogen-bond acceptors (Lipinski definition) is 4. The lowest BCUT2D eigenvalue weighted by Crippen LogP contribution is -2.02. The quantitative estimate of drug-likeness (QED) is 0.521. The molecular formula is C23H22Cl2N2O2. The standard InChI is InChI=1S/C17H14N2O.C6H8Cl2O/c20-17(14-10-18-12-19-11-14)16-9-5-4-8-15(16)13-6-2-1-3-7-13;1-5(7)3-9-4-6(2)8/h1-12,17,20H;1-4H2. The lowest BCUT2D eigenvalue weighted by Gasteiger charge is -2.15. The molecule has 0 saturated heterocycles. The second-order valence-electron chi connectivity index (χ2n) is 6.05. The zero-order valence-electron chi connectivity index (χ0n) is 15.8. The second-order valence-corrected chi connectivity index (χ2v) is 7.12. The molecule has 150 valence electrons. The Morgan fingerprint density at radius 2 is 1.45 bits per heavy atom. The van der Waals surface area contributed by atoms with Gasteiger partial charge >= 0.3 is 0 Å². The number of rotatable bonds is 7. The van der Waals surface area contributed by atoms with Gasteiger partial charge in [-0.1, -0.05) is 91.0 Å². The first kappa shape index (κ1) is 22.8. The van der Waals surface area contributed by atoms with Crippen LogP contribution in [0.3, 0.4) is 0 Å². The van der Waals surface area contributed by atoms with E-state index in [1.807, 2.05) is 54.6 Å². The minimum Gasteiger partial charge on any atom is -0.384 e. The lowest BCUT2D eigenvalue weighted by atomic mass is 9.94. The van der Waals surface area contributed by atoms with Crippen LogP contribution >= 0.6 is 23.2 Å². The molecule has 4 nitrogen and oxygen atoms in total. The summed E-state index contributed by atoms with van der Waals surface area (Å²) in [4.78, 5) is 7.93. The third-order valence-electron chi connectivity index (χ3n) is 3.75. The number of aliphatic hydroxyl groups excluding tert-OH is 1. The maximum Gasteiger partial charge on any atom is 0.115 e. The molecule has 0 amide bonds. The fourth-order valence-electron chi connectivity index (χ4n) is 2.52. The van der Waals surface area contributed by atoms with Gasteiger partial charge in [-0.05, 0) is 16.7 Å². The van der Waals surface area contributed by atoms with Crippen molar-refractivity contribution in [3.05, 3.63) is 108 Å². The number of aliphatic hydroxyl groups is 1. The minimum absolute atomic E-state index is 0.327.